The topological polar surface area (TPSA) is 35.8 Å². The standard InChI is InChI=1S/C13H18N2S2/c1-10(2)15-13(9-14)6-5-11(8-13)17-12-4-3-7-16-12/h3-4,7,10-11,15H,5-6,8H2,1-2H3. The zero-order valence-corrected chi connectivity index (χ0v) is 11.9. The molecule has 0 aliphatic heterocycles. The second-order valence-corrected chi connectivity index (χ2v) is 7.46. The Hall–Kier alpha value is -0.500. The summed E-state index contributed by atoms with van der Waals surface area (Å²) in [4.78, 5) is 0. The molecule has 92 valence electrons. The molecule has 0 bridgehead atoms. The van der Waals surface area contributed by atoms with Gasteiger partial charge in [-0.1, -0.05) is 6.07 Å². The summed E-state index contributed by atoms with van der Waals surface area (Å²) >= 11 is 3.72. The van der Waals surface area contributed by atoms with Gasteiger partial charge in [-0.3, -0.25) is 5.32 Å². The number of rotatable bonds is 4. The van der Waals surface area contributed by atoms with E-state index >= 15 is 0 Å². The molecule has 0 saturated heterocycles. The van der Waals surface area contributed by atoms with Crippen molar-refractivity contribution in [2.45, 2.75) is 54.1 Å². The molecule has 1 aliphatic rings. The first-order valence-corrected chi connectivity index (χ1v) is 7.78. The van der Waals surface area contributed by atoms with Crippen LogP contribution in [0.4, 0.5) is 0 Å². The van der Waals surface area contributed by atoms with Crippen LogP contribution in [0.15, 0.2) is 21.7 Å². The van der Waals surface area contributed by atoms with E-state index in [4.69, 9.17) is 0 Å². The van der Waals surface area contributed by atoms with Crippen LogP contribution in [0.2, 0.25) is 0 Å². The van der Waals surface area contributed by atoms with E-state index in [0.29, 0.717) is 11.3 Å². The van der Waals surface area contributed by atoms with E-state index in [2.05, 4.69) is 42.7 Å². The summed E-state index contributed by atoms with van der Waals surface area (Å²) in [5.74, 6) is 0. The van der Waals surface area contributed by atoms with E-state index < -0.39 is 0 Å². The number of nitriles is 1. The molecule has 1 aliphatic carbocycles. The van der Waals surface area contributed by atoms with Gasteiger partial charge in [0.15, 0.2) is 0 Å². The van der Waals surface area contributed by atoms with Crippen molar-refractivity contribution < 1.29 is 0 Å². The lowest BCUT2D eigenvalue weighted by molar-refractivity contribution is 0.386. The maximum Gasteiger partial charge on any atom is 0.108 e. The molecule has 0 amide bonds. The lowest BCUT2D eigenvalue weighted by Crippen LogP contribution is -2.45. The summed E-state index contributed by atoms with van der Waals surface area (Å²) in [6.45, 7) is 4.22. The molecule has 0 spiro atoms. The summed E-state index contributed by atoms with van der Waals surface area (Å²) in [6.07, 6.45) is 3.07. The van der Waals surface area contributed by atoms with Crippen LogP contribution in [-0.2, 0) is 0 Å². The van der Waals surface area contributed by atoms with Crippen molar-refractivity contribution >= 4 is 23.1 Å². The van der Waals surface area contributed by atoms with Crippen LogP contribution < -0.4 is 5.32 Å². The van der Waals surface area contributed by atoms with E-state index in [9.17, 15) is 5.26 Å². The first-order chi connectivity index (χ1) is 8.13. The lowest BCUT2D eigenvalue weighted by Gasteiger charge is -2.25. The van der Waals surface area contributed by atoms with Gasteiger partial charge in [-0.15, -0.1) is 23.1 Å². The average molecular weight is 266 g/mol. The smallest absolute Gasteiger partial charge is 0.108 e. The van der Waals surface area contributed by atoms with Crippen molar-refractivity contribution in [1.82, 2.24) is 5.32 Å². The molecule has 0 aromatic carbocycles. The summed E-state index contributed by atoms with van der Waals surface area (Å²) in [5, 5.41) is 15.5. The van der Waals surface area contributed by atoms with Crippen LogP contribution in [0.5, 0.6) is 0 Å². The third-order valence-corrected chi connectivity index (χ3v) is 5.37. The Balaban J connectivity index is 1.96. The zero-order valence-electron chi connectivity index (χ0n) is 10.3. The molecule has 1 heterocycles. The molecule has 2 atom stereocenters. The van der Waals surface area contributed by atoms with E-state index in [1.54, 1.807) is 11.3 Å². The number of nitrogens with zero attached hydrogens (tertiary/aromatic N) is 1. The molecule has 1 saturated carbocycles. The number of nitrogens with one attached hydrogen (secondary N) is 1. The van der Waals surface area contributed by atoms with Gasteiger partial charge < -0.3 is 0 Å². The van der Waals surface area contributed by atoms with E-state index in [1.807, 2.05) is 11.8 Å². The van der Waals surface area contributed by atoms with Crippen molar-refractivity contribution in [3.8, 4) is 6.07 Å². The Kier molecular flexibility index (Phi) is 4.13. The van der Waals surface area contributed by atoms with Gasteiger partial charge in [-0.05, 0) is 44.6 Å². The van der Waals surface area contributed by atoms with Crippen molar-refractivity contribution in [1.29, 1.82) is 5.26 Å². The maximum atomic E-state index is 9.39. The highest BCUT2D eigenvalue weighted by molar-refractivity contribution is 8.01. The highest BCUT2D eigenvalue weighted by Gasteiger charge is 2.40. The minimum absolute atomic E-state index is 0.289. The van der Waals surface area contributed by atoms with Gasteiger partial charge in [0.2, 0.25) is 0 Å². The highest BCUT2D eigenvalue weighted by Crippen LogP contribution is 2.41. The first-order valence-electron chi connectivity index (χ1n) is 6.03. The Morgan fingerprint density at radius 1 is 1.65 bits per heavy atom. The minimum atomic E-state index is -0.289. The van der Waals surface area contributed by atoms with E-state index in [1.165, 1.54) is 4.21 Å². The Bertz CT molecular complexity index is 394. The molecular formula is C13H18N2S2. The van der Waals surface area contributed by atoms with Crippen molar-refractivity contribution in [2.75, 3.05) is 0 Å². The fraction of sp³-hybridized carbons (Fsp3) is 0.615. The molecule has 4 heteroatoms. The largest absolute Gasteiger partial charge is 0.297 e. The zero-order chi connectivity index (χ0) is 12.3. The second kappa shape index (κ2) is 5.43. The first kappa shape index (κ1) is 12.9. The third-order valence-electron chi connectivity index (χ3n) is 3.03. The molecule has 1 fully saturated rings. The monoisotopic (exact) mass is 266 g/mol. The van der Waals surface area contributed by atoms with Crippen LogP contribution in [-0.4, -0.2) is 16.8 Å². The molecule has 1 aromatic rings. The van der Waals surface area contributed by atoms with Crippen molar-refractivity contribution in [3.63, 3.8) is 0 Å². The number of thioether (sulfide) groups is 1. The molecule has 2 rings (SSSR count). The molecule has 0 radical (unpaired) electrons. The van der Waals surface area contributed by atoms with Gasteiger partial charge in [-0.25, -0.2) is 0 Å². The molecule has 1 N–H and O–H groups in total. The van der Waals surface area contributed by atoms with Gasteiger partial charge in [0, 0.05) is 11.3 Å². The summed E-state index contributed by atoms with van der Waals surface area (Å²) in [7, 11) is 0. The van der Waals surface area contributed by atoms with Crippen molar-refractivity contribution in [3.05, 3.63) is 17.5 Å². The molecule has 2 nitrogen and oxygen atoms in total. The van der Waals surface area contributed by atoms with Gasteiger partial charge >= 0.3 is 0 Å². The predicted octanol–water partition coefficient (Wildman–Crippen LogP) is 3.65. The van der Waals surface area contributed by atoms with Crippen LogP contribution in [0, 0.1) is 11.3 Å². The SMILES string of the molecule is CC(C)NC1(C#N)CCC(Sc2cccs2)C1. The molecular weight excluding hydrogens is 248 g/mol. The number of hydrogen-bond donors (Lipinski definition) is 1. The molecule has 2 unspecified atom stereocenters. The van der Waals surface area contributed by atoms with E-state index in [-0.39, 0.29) is 5.54 Å². The fourth-order valence-electron chi connectivity index (χ4n) is 2.41. The molecule has 1 aromatic heterocycles. The van der Waals surface area contributed by atoms with Gasteiger partial charge in [0.05, 0.1) is 10.3 Å². The van der Waals surface area contributed by atoms with Crippen LogP contribution >= 0.6 is 23.1 Å². The third kappa shape index (κ3) is 3.25. The molecule has 17 heavy (non-hydrogen) atoms. The number of thiophene rings is 1. The maximum absolute atomic E-state index is 9.39. The predicted molar refractivity (Wildman–Crippen MR) is 74.4 cm³/mol. The normalized spacial score (nSPS) is 28.5. The van der Waals surface area contributed by atoms with Crippen LogP contribution in [0.25, 0.3) is 0 Å². The van der Waals surface area contributed by atoms with Gasteiger partial charge in [0.25, 0.3) is 0 Å². The minimum Gasteiger partial charge on any atom is -0.297 e. The summed E-state index contributed by atoms with van der Waals surface area (Å²) in [5.41, 5.74) is -0.289. The van der Waals surface area contributed by atoms with E-state index in [0.717, 1.165) is 19.3 Å². The average Bonchev–Trinajstić information content (AvgIpc) is 2.89. The Labute approximate surface area is 111 Å². The van der Waals surface area contributed by atoms with Gasteiger partial charge in [-0.2, -0.15) is 5.26 Å². The van der Waals surface area contributed by atoms with Crippen LogP contribution in [0.3, 0.4) is 0 Å². The number of hydrogen-bond acceptors (Lipinski definition) is 4. The highest BCUT2D eigenvalue weighted by atomic mass is 32.2. The fourth-order valence-corrected chi connectivity index (χ4v) is 4.75. The van der Waals surface area contributed by atoms with Crippen molar-refractivity contribution in [2.24, 2.45) is 0 Å². The quantitative estimate of drug-likeness (QED) is 0.903. The summed E-state index contributed by atoms with van der Waals surface area (Å²) in [6, 6.07) is 7.13. The van der Waals surface area contributed by atoms with Gasteiger partial charge in [0.1, 0.15) is 5.54 Å². The van der Waals surface area contributed by atoms with Crippen LogP contribution in [0.1, 0.15) is 33.1 Å². The second-order valence-electron chi connectivity index (χ2n) is 4.91. The lowest BCUT2D eigenvalue weighted by atomic mass is 9.99. The Morgan fingerprint density at radius 2 is 2.47 bits per heavy atom. The Morgan fingerprint density at radius 3 is 3.06 bits per heavy atom. The summed E-state index contributed by atoms with van der Waals surface area (Å²) < 4.78 is 1.37.